The Morgan fingerprint density at radius 3 is 2.94 bits per heavy atom. The molecular formula is C12H13NOS2. The third-order valence-electron chi connectivity index (χ3n) is 2.53. The first-order chi connectivity index (χ1) is 7.72. The first-order valence-electron chi connectivity index (χ1n) is 5.02. The molecule has 2 rings (SSSR count). The maximum atomic E-state index is 11.4. The minimum Gasteiger partial charge on any atom is -0.341 e. The molecule has 0 aliphatic rings. The first-order valence-corrected chi connectivity index (χ1v) is 6.53. The zero-order valence-electron chi connectivity index (χ0n) is 9.01. The van der Waals surface area contributed by atoms with Crippen LogP contribution >= 0.6 is 24.0 Å². The van der Waals surface area contributed by atoms with Gasteiger partial charge in [-0.1, -0.05) is 18.2 Å². The number of amides is 1. The summed E-state index contributed by atoms with van der Waals surface area (Å²) in [7, 11) is 1.81. The summed E-state index contributed by atoms with van der Waals surface area (Å²) in [4.78, 5) is 13.1. The fraction of sp³-hybridized carbons (Fsp3) is 0.250. The van der Waals surface area contributed by atoms with Crippen molar-refractivity contribution < 1.29 is 4.79 Å². The van der Waals surface area contributed by atoms with Crippen LogP contribution in [0.1, 0.15) is 5.56 Å². The van der Waals surface area contributed by atoms with Crippen molar-refractivity contribution in [2.24, 2.45) is 0 Å². The fourth-order valence-electron chi connectivity index (χ4n) is 1.62. The van der Waals surface area contributed by atoms with E-state index < -0.39 is 0 Å². The van der Waals surface area contributed by atoms with E-state index in [0.29, 0.717) is 6.54 Å². The number of carbonyl (C=O) groups is 1. The largest absolute Gasteiger partial charge is 0.341 e. The number of thiophene rings is 1. The van der Waals surface area contributed by atoms with Gasteiger partial charge in [0, 0.05) is 18.3 Å². The number of thiol groups is 1. The zero-order chi connectivity index (χ0) is 11.5. The van der Waals surface area contributed by atoms with Crippen LogP contribution in [0.3, 0.4) is 0 Å². The summed E-state index contributed by atoms with van der Waals surface area (Å²) in [6.07, 6.45) is 0. The van der Waals surface area contributed by atoms with Crippen molar-refractivity contribution in [3.63, 3.8) is 0 Å². The second-order valence-electron chi connectivity index (χ2n) is 3.67. The highest BCUT2D eigenvalue weighted by Crippen LogP contribution is 2.26. The Bertz CT molecular complexity index is 506. The van der Waals surface area contributed by atoms with E-state index in [9.17, 15) is 4.79 Å². The number of rotatable bonds is 3. The second kappa shape index (κ2) is 4.89. The maximum Gasteiger partial charge on any atom is 0.232 e. The van der Waals surface area contributed by atoms with Gasteiger partial charge in [-0.15, -0.1) is 11.3 Å². The summed E-state index contributed by atoms with van der Waals surface area (Å²) >= 11 is 5.71. The van der Waals surface area contributed by atoms with E-state index in [0.717, 1.165) is 0 Å². The lowest BCUT2D eigenvalue weighted by Crippen LogP contribution is -2.26. The summed E-state index contributed by atoms with van der Waals surface area (Å²) in [6.45, 7) is 0.656. The number of hydrogen-bond acceptors (Lipinski definition) is 3. The molecule has 0 atom stereocenters. The van der Waals surface area contributed by atoms with E-state index >= 15 is 0 Å². The number of fused-ring (bicyclic) bond motifs is 1. The number of benzene rings is 1. The van der Waals surface area contributed by atoms with Gasteiger partial charge < -0.3 is 4.90 Å². The first kappa shape index (κ1) is 11.5. The van der Waals surface area contributed by atoms with Crippen LogP contribution in [0.15, 0.2) is 29.6 Å². The minimum absolute atomic E-state index is 0.0543. The lowest BCUT2D eigenvalue weighted by atomic mass is 10.2. The molecule has 0 fully saturated rings. The molecule has 1 aromatic carbocycles. The average molecular weight is 251 g/mol. The molecule has 1 amide bonds. The maximum absolute atomic E-state index is 11.4. The van der Waals surface area contributed by atoms with Gasteiger partial charge in [0.2, 0.25) is 5.91 Å². The Hall–Kier alpha value is -1.000. The highest BCUT2D eigenvalue weighted by atomic mass is 32.1. The molecule has 0 aliphatic heterocycles. The van der Waals surface area contributed by atoms with E-state index in [4.69, 9.17) is 0 Å². The molecular weight excluding hydrogens is 238 g/mol. The Morgan fingerprint density at radius 2 is 2.19 bits per heavy atom. The molecule has 0 saturated heterocycles. The standard InChI is InChI=1S/C12H13NOS2/c1-13(12(14)7-15)6-9-8-16-11-5-3-2-4-10(9)11/h2-5,8,15H,6-7H2,1H3. The predicted octanol–water partition coefficient (Wildman–Crippen LogP) is 2.79. The molecule has 4 heteroatoms. The van der Waals surface area contributed by atoms with E-state index in [-0.39, 0.29) is 11.7 Å². The van der Waals surface area contributed by atoms with Crippen LogP contribution in [-0.2, 0) is 11.3 Å². The third-order valence-corrected chi connectivity index (χ3v) is 3.81. The summed E-state index contributed by atoms with van der Waals surface area (Å²) in [5.41, 5.74) is 1.21. The van der Waals surface area contributed by atoms with Gasteiger partial charge >= 0.3 is 0 Å². The highest BCUT2D eigenvalue weighted by molar-refractivity contribution is 7.81. The van der Waals surface area contributed by atoms with Gasteiger partial charge in [-0.2, -0.15) is 12.6 Å². The topological polar surface area (TPSA) is 20.3 Å². The Balaban J connectivity index is 2.24. The van der Waals surface area contributed by atoms with Crippen molar-refractivity contribution in [2.45, 2.75) is 6.54 Å². The van der Waals surface area contributed by atoms with Crippen molar-refractivity contribution in [1.29, 1.82) is 0 Å². The van der Waals surface area contributed by atoms with Gasteiger partial charge in [0.1, 0.15) is 0 Å². The van der Waals surface area contributed by atoms with Gasteiger partial charge in [0.15, 0.2) is 0 Å². The Kier molecular flexibility index (Phi) is 3.51. The molecule has 1 heterocycles. The molecule has 2 aromatic rings. The lowest BCUT2D eigenvalue weighted by Gasteiger charge is -2.15. The summed E-state index contributed by atoms with van der Waals surface area (Å²) in [6, 6.07) is 8.26. The van der Waals surface area contributed by atoms with Crippen LogP contribution in [0.25, 0.3) is 10.1 Å². The van der Waals surface area contributed by atoms with E-state index in [2.05, 4.69) is 30.1 Å². The van der Waals surface area contributed by atoms with Crippen LogP contribution in [0.5, 0.6) is 0 Å². The molecule has 1 aromatic heterocycles. The third kappa shape index (κ3) is 2.23. The lowest BCUT2D eigenvalue weighted by molar-refractivity contribution is -0.127. The van der Waals surface area contributed by atoms with Crippen LogP contribution < -0.4 is 0 Å². The van der Waals surface area contributed by atoms with Crippen LogP contribution in [0, 0.1) is 0 Å². The molecule has 0 bridgehead atoms. The minimum atomic E-state index is 0.0543. The van der Waals surface area contributed by atoms with Crippen LogP contribution in [0.2, 0.25) is 0 Å². The van der Waals surface area contributed by atoms with Crippen LogP contribution in [-0.4, -0.2) is 23.6 Å². The van der Waals surface area contributed by atoms with Crippen molar-refractivity contribution in [1.82, 2.24) is 4.90 Å². The van der Waals surface area contributed by atoms with Crippen LogP contribution in [0.4, 0.5) is 0 Å². The van der Waals surface area contributed by atoms with Gasteiger partial charge in [0.05, 0.1) is 5.75 Å². The molecule has 16 heavy (non-hydrogen) atoms. The van der Waals surface area contributed by atoms with E-state index in [1.807, 2.05) is 19.2 Å². The number of hydrogen-bond donors (Lipinski definition) is 1. The molecule has 84 valence electrons. The van der Waals surface area contributed by atoms with Gasteiger partial charge in [0.25, 0.3) is 0 Å². The Morgan fingerprint density at radius 1 is 1.44 bits per heavy atom. The zero-order valence-corrected chi connectivity index (χ0v) is 10.7. The average Bonchev–Trinajstić information content (AvgIpc) is 2.72. The van der Waals surface area contributed by atoms with Crippen molar-refractivity contribution >= 4 is 40.0 Å². The molecule has 0 saturated carbocycles. The molecule has 0 aliphatic carbocycles. The normalized spacial score (nSPS) is 10.6. The van der Waals surface area contributed by atoms with Crippen molar-refractivity contribution in [2.75, 3.05) is 12.8 Å². The monoisotopic (exact) mass is 251 g/mol. The smallest absolute Gasteiger partial charge is 0.232 e. The Labute approximate surface area is 104 Å². The highest BCUT2D eigenvalue weighted by Gasteiger charge is 2.10. The van der Waals surface area contributed by atoms with Gasteiger partial charge in [-0.3, -0.25) is 4.79 Å². The predicted molar refractivity (Wildman–Crippen MR) is 72.2 cm³/mol. The quantitative estimate of drug-likeness (QED) is 0.832. The summed E-state index contributed by atoms with van der Waals surface area (Å²) in [5.74, 6) is 0.317. The van der Waals surface area contributed by atoms with Gasteiger partial charge in [-0.05, 0) is 22.4 Å². The van der Waals surface area contributed by atoms with Crippen molar-refractivity contribution in [3.05, 3.63) is 35.2 Å². The molecule has 0 spiro atoms. The molecule has 0 N–H and O–H groups in total. The van der Waals surface area contributed by atoms with E-state index in [1.165, 1.54) is 15.6 Å². The fourth-order valence-corrected chi connectivity index (χ4v) is 2.82. The second-order valence-corrected chi connectivity index (χ2v) is 4.89. The number of carbonyl (C=O) groups excluding carboxylic acids is 1. The van der Waals surface area contributed by atoms with Gasteiger partial charge in [-0.25, -0.2) is 0 Å². The molecule has 2 nitrogen and oxygen atoms in total. The SMILES string of the molecule is CN(Cc1csc2ccccc12)C(=O)CS. The summed E-state index contributed by atoms with van der Waals surface area (Å²) < 4.78 is 1.27. The number of nitrogens with zero attached hydrogens (tertiary/aromatic N) is 1. The molecule has 0 unspecified atom stereocenters. The molecule has 0 radical (unpaired) electrons. The summed E-state index contributed by atoms with van der Waals surface area (Å²) in [5, 5.41) is 3.36. The van der Waals surface area contributed by atoms with Crippen molar-refractivity contribution in [3.8, 4) is 0 Å². The van der Waals surface area contributed by atoms with E-state index in [1.54, 1.807) is 16.2 Å².